The van der Waals surface area contributed by atoms with Crippen LogP contribution in [0.15, 0.2) is 0 Å². The van der Waals surface area contributed by atoms with Crippen molar-refractivity contribution in [2.45, 2.75) is 142 Å². The summed E-state index contributed by atoms with van der Waals surface area (Å²) < 4.78 is 132. The van der Waals surface area contributed by atoms with Crippen molar-refractivity contribution in [2.24, 2.45) is 0 Å². The Kier molecular flexibility index (Phi) is 13.7. The maximum absolute atomic E-state index is 16.6. The van der Waals surface area contributed by atoms with E-state index >= 15 is 35.1 Å². The van der Waals surface area contributed by atoms with Crippen molar-refractivity contribution in [3.05, 3.63) is 68.8 Å². The fourth-order valence-electron chi connectivity index (χ4n) is 9.64. The summed E-state index contributed by atoms with van der Waals surface area (Å²) >= 11 is 0. The number of rotatable bonds is 22. The normalized spacial score (nSPS) is 14.2. The van der Waals surface area contributed by atoms with E-state index in [2.05, 4.69) is 13.8 Å². The van der Waals surface area contributed by atoms with Gasteiger partial charge in [-0.1, -0.05) is 129 Å². The Morgan fingerprint density at radius 3 is 0.710 bits per heavy atom. The molecule has 0 atom stereocenters. The minimum absolute atomic E-state index is 0.194. The third-order valence-electron chi connectivity index (χ3n) is 12.8. The summed E-state index contributed by atoms with van der Waals surface area (Å²) in [6.07, 6.45) is 17.7. The molecule has 4 amide bonds. The van der Waals surface area contributed by atoms with Crippen LogP contribution >= 0.6 is 0 Å². The van der Waals surface area contributed by atoms with Crippen LogP contribution in [0.25, 0.3) is 43.1 Å². The molecule has 2 aliphatic heterocycles. The topological polar surface area (TPSA) is 74.8 Å². The van der Waals surface area contributed by atoms with Crippen molar-refractivity contribution < 1.29 is 54.3 Å². The average Bonchev–Trinajstić information content (AvgIpc) is 3.25. The summed E-state index contributed by atoms with van der Waals surface area (Å²) in [6, 6.07) is 0. The Labute approximate surface area is 354 Å². The van der Waals surface area contributed by atoms with E-state index in [0.717, 1.165) is 103 Å². The summed E-state index contributed by atoms with van der Waals surface area (Å²) in [4.78, 5) is 56.3. The molecular weight excluding hydrogens is 821 g/mol. The third kappa shape index (κ3) is 7.46. The molecule has 332 valence electrons. The van der Waals surface area contributed by atoms with Gasteiger partial charge >= 0.3 is 0 Å². The number of imide groups is 2. The second-order valence-corrected chi connectivity index (χ2v) is 16.9. The van der Waals surface area contributed by atoms with Gasteiger partial charge in [-0.15, -0.1) is 0 Å². The molecular formula is C48H50F8N2O4. The van der Waals surface area contributed by atoms with Gasteiger partial charge in [-0.05, 0) is 12.8 Å². The molecule has 0 unspecified atom stereocenters. The van der Waals surface area contributed by atoms with Crippen molar-refractivity contribution in [1.82, 2.24) is 9.80 Å². The van der Waals surface area contributed by atoms with E-state index in [1.807, 2.05) is 0 Å². The Bertz CT molecular complexity index is 2290. The SMILES string of the molecule is CCCCCCCCCCCCN1C(=O)c2c(F)c(F)c3c4c(F)c(F)c5c6c(c(F)c(F)c(c7c(F)c(F)c(c2c37)C1=O)c64)C(=O)N(CCCCCCCCCCCC)C5=O. The second-order valence-electron chi connectivity index (χ2n) is 16.9. The molecule has 0 fully saturated rings. The van der Waals surface area contributed by atoms with E-state index in [1.54, 1.807) is 0 Å². The van der Waals surface area contributed by atoms with Crippen molar-refractivity contribution >= 4 is 66.7 Å². The van der Waals surface area contributed by atoms with Crippen LogP contribution in [0.4, 0.5) is 35.1 Å². The Morgan fingerprint density at radius 1 is 0.274 bits per heavy atom. The average molecular weight is 871 g/mol. The molecule has 14 heteroatoms. The number of hydrogen-bond acceptors (Lipinski definition) is 4. The second kappa shape index (κ2) is 18.8. The van der Waals surface area contributed by atoms with Gasteiger partial charge in [0.25, 0.3) is 23.6 Å². The summed E-state index contributed by atoms with van der Waals surface area (Å²) in [7, 11) is 0. The Balaban J connectivity index is 1.28. The molecule has 2 aliphatic rings. The van der Waals surface area contributed by atoms with E-state index < -0.39 is 136 Å². The highest BCUT2D eigenvalue weighted by Crippen LogP contribution is 2.52. The van der Waals surface area contributed by atoms with Gasteiger partial charge in [0.15, 0.2) is 46.5 Å². The lowest BCUT2D eigenvalue weighted by Crippen LogP contribution is -2.42. The van der Waals surface area contributed by atoms with Crippen LogP contribution in [0, 0.1) is 46.5 Å². The van der Waals surface area contributed by atoms with Crippen molar-refractivity contribution in [2.75, 3.05) is 13.1 Å². The molecule has 0 spiro atoms. The molecule has 0 radical (unpaired) electrons. The fourth-order valence-corrected chi connectivity index (χ4v) is 9.64. The molecule has 5 aromatic carbocycles. The van der Waals surface area contributed by atoms with Crippen LogP contribution in [0.1, 0.15) is 184 Å². The molecule has 0 saturated carbocycles. The number of halogens is 8. The van der Waals surface area contributed by atoms with Gasteiger partial charge in [0.1, 0.15) is 0 Å². The van der Waals surface area contributed by atoms with Gasteiger partial charge in [-0.3, -0.25) is 29.0 Å². The van der Waals surface area contributed by atoms with Gasteiger partial charge in [0.2, 0.25) is 0 Å². The zero-order chi connectivity index (χ0) is 44.6. The van der Waals surface area contributed by atoms with Crippen LogP contribution in [-0.4, -0.2) is 46.5 Å². The van der Waals surface area contributed by atoms with Crippen molar-refractivity contribution in [3.8, 4) is 0 Å². The first-order chi connectivity index (χ1) is 29.8. The van der Waals surface area contributed by atoms with Crippen LogP contribution < -0.4 is 0 Å². The third-order valence-corrected chi connectivity index (χ3v) is 12.8. The maximum Gasteiger partial charge on any atom is 0.264 e. The lowest BCUT2D eigenvalue weighted by molar-refractivity contribution is 0.0584. The van der Waals surface area contributed by atoms with Gasteiger partial charge < -0.3 is 0 Å². The predicted molar refractivity (Wildman–Crippen MR) is 222 cm³/mol. The summed E-state index contributed by atoms with van der Waals surface area (Å²) in [5.41, 5.74) is -4.92. The quantitative estimate of drug-likeness (QED) is 0.0228. The first kappa shape index (κ1) is 45.2. The number of nitrogens with zero attached hydrogens (tertiary/aromatic N) is 2. The molecule has 2 heterocycles. The maximum atomic E-state index is 16.6. The zero-order valence-electron chi connectivity index (χ0n) is 35.1. The largest absolute Gasteiger partial charge is 0.274 e. The molecule has 5 aromatic rings. The molecule has 0 aromatic heterocycles. The highest BCUT2D eigenvalue weighted by atomic mass is 19.2. The molecule has 7 rings (SSSR count). The number of amides is 4. The molecule has 0 saturated heterocycles. The lowest BCUT2D eigenvalue weighted by Gasteiger charge is -2.31. The van der Waals surface area contributed by atoms with E-state index in [-0.39, 0.29) is 25.9 Å². The highest BCUT2D eigenvalue weighted by Gasteiger charge is 2.46. The number of hydrogen-bond donors (Lipinski definition) is 0. The lowest BCUT2D eigenvalue weighted by atomic mass is 9.80. The Morgan fingerprint density at radius 2 is 0.484 bits per heavy atom. The number of carbonyl (C=O) groups is 4. The van der Waals surface area contributed by atoms with Gasteiger partial charge in [0.05, 0.1) is 22.3 Å². The number of unbranched alkanes of at least 4 members (excludes halogenated alkanes) is 18. The Hall–Kier alpha value is -4.88. The summed E-state index contributed by atoms with van der Waals surface area (Å²) in [5, 5.41) is -9.49. The predicted octanol–water partition coefficient (Wildman–Crippen LogP) is 13.9. The minimum atomic E-state index is -2.06. The summed E-state index contributed by atoms with van der Waals surface area (Å²) in [5.74, 6) is -22.0. The first-order valence-electron chi connectivity index (χ1n) is 22.3. The zero-order valence-corrected chi connectivity index (χ0v) is 35.1. The number of fused-ring (bicyclic) bond motifs is 2. The fraction of sp³-hybridized carbons (Fsp3) is 0.500. The number of benzene rings is 5. The molecule has 0 aliphatic carbocycles. The van der Waals surface area contributed by atoms with E-state index in [9.17, 15) is 19.2 Å². The molecule has 62 heavy (non-hydrogen) atoms. The van der Waals surface area contributed by atoms with E-state index in [4.69, 9.17) is 0 Å². The molecule has 0 bridgehead atoms. The van der Waals surface area contributed by atoms with E-state index in [0.29, 0.717) is 22.6 Å². The first-order valence-corrected chi connectivity index (χ1v) is 22.3. The van der Waals surface area contributed by atoms with Crippen LogP contribution in [0.2, 0.25) is 0 Å². The van der Waals surface area contributed by atoms with Gasteiger partial charge in [-0.25, -0.2) is 35.1 Å². The number of carbonyl (C=O) groups excluding carboxylic acids is 4. The monoisotopic (exact) mass is 870 g/mol. The minimum Gasteiger partial charge on any atom is -0.274 e. The van der Waals surface area contributed by atoms with Crippen molar-refractivity contribution in [3.63, 3.8) is 0 Å². The highest BCUT2D eigenvalue weighted by molar-refractivity contribution is 6.41. The standard InChI is InChI=1S/C48H50F8N2O4/c1-3-5-7-9-11-13-15-17-19-21-23-57-45(59)33-27-25-29(37(49)41(33)53)31-26-28-35(43(55)39(31)51)47(61)58(24-22-20-18-16-14-12-10-8-6-4-2)48(62)36(28)44(56)40(52)32(26)30(25)38(50)42(54)34(27)46(57)60/h3-24H2,1-2H3. The molecule has 0 N–H and O–H groups in total. The van der Waals surface area contributed by atoms with Crippen LogP contribution in [0.3, 0.4) is 0 Å². The smallest absolute Gasteiger partial charge is 0.264 e. The van der Waals surface area contributed by atoms with Gasteiger partial charge in [0, 0.05) is 56.2 Å². The summed E-state index contributed by atoms with van der Waals surface area (Å²) in [6.45, 7) is 3.51. The van der Waals surface area contributed by atoms with Crippen molar-refractivity contribution in [1.29, 1.82) is 0 Å². The van der Waals surface area contributed by atoms with Crippen LogP contribution in [-0.2, 0) is 0 Å². The van der Waals surface area contributed by atoms with Gasteiger partial charge in [-0.2, -0.15) is 0 Å². The van der Waals surface area contributed by atoms with Crippen LogP contribution in [0.5, 0.6) is 0 Å². The molecule has 6 nitrogen and oxygen atoms in total. The van der Waals surface area contributed by atoms with E-state index in [1.165, 1.54) is 0 Å².